The van der Waals surface area contributed by atoms with Gasteiger partial charge in [-0.1, -0.05) is 6.08 Å². The molecule has 1 saturated heterocycles. The van der Waals surface area contributed by atoms with Crippen LogP contribution in [0.1, 0.15) is 13.3 Å². The number of barbiturate groups is 1. The van der Waals surface area contributed by atoms with E-state index >= 15 is 0 Å². The first-order valence-corrected chi connectivity index (χ1v) is 5.12. The Labute approximate surface area is 101 Å². The topological polar surface area (TPSA) is 111 Å². The highest BCUT2D eigenvalue weighted by molar-refractivity contribution is 6.21. The highest BCUT2D eigenvalue weighted by Gasteiger charge is 2.53. The van der Waals surface area contributed by atoms with E-state index in [9.17, 15) is 19.2 Å². The molecule has 96 valence electrons. The Kier molecular flexibility index (Phi) is 2.87. The highest BCUT2D eigenvalue weighted by Crippen LogP contribution is 2.27. The maximum Gasteiger partial charge on any atom is 0.328 e. The van der Waals surface area contributed by atoms with Crippen molar-refractivity contribution in [2.45, 2.75) is 25.2 Å². The standard InChI is InChI=1S/C10H10N2O6/c1-5(13)17-6-3-2-4-10(18-6)7(14)11-9(16)12-8(10)15/h2-3,6H,4H2,1H3,(H2,11,12,14,15,16). The number of carbonyl (C=O) groups is 4. The fourth-order valence-electron chi connectivity index (χ4n) is 1.69. The van der Waals surface area contributed by atoms with Gasteiger partial charge in [-0.25, -0.2) is 4.79 Å². The molecule has 2 heterocycles. The van der Waals surface area contributed by atoms with Crippen molar-refractivity contribution in [2.75, 3.05) is 0 Å². The first-order chi connectivity index (χ1) is 8.44. The molecule has 0 bridgehead atoms. The molecule has 18 heavy (non-hydrogen) atoms. The van der Waals surface area contributed by atoms with Crippen molar-refractivity contribution in [2.24, 2.45) is 0 Å². The summed E-state index contributed by atoms with van der Waals surface area (Å²) in [5, 5.41) is 3.87. The molecule has 0 aromatic heterocycles. The maximum absolute atomic E-state index is 11.7. The zero-order valence-electron chi connectivity index (χ0n) is 9.39. The van der Waals surface area contributed by atoms with E-state index in [0.717, 1.165) is 0 Å². The fourth-order valence-corrected chi connectivity index (χ4v) is 1.69. The second-order valence-electron chi connectivity index (χ2n) is 3.79. The minimum atomic E-state index is -1.87. The summed E-state index contributed by atoms with van der Waals surface area (Å²) in [6.07, 6.45) is 1.70. The molecule has 0 aromatic carbocycles. The molecule has 2 aliphatic heterocycles. The summed E-state index contributed by atoms with van der Waals surface area (Å²) in [6.45, 7) is 1.17. The molecule has 0 saturated carbocycles. The van der Waals surface area contributed by atoms with Gasteiger partial charge in [0.25, 0.3) is 11.8 Å². The highest BCUT2D eigenvalue weighted by atomic mass is 16.7. The molecule has 1 unspecified atom stereocenters. The Morgan fingerprint density at radius 1 is 1.39 bits per heavy atom. The number of esters is 1. The Morgan fingerprint density at radius 3 is 2.56 bits per heavy atom. The second kappa shape index (κ2) is 4.22. The van der Waals surface area contributed by atoms with Gasteiger partial charge in [0.2, 0.25) is 11.9 Å². The van der Waals surface area contributed by atoms with E-state index in [2.05, 4.69) is 0 Å². The first-order valence-electron chi connectivity index (χ1n) is 5.12. The number of ether oxygens (including phenoxy) is 2. The molecular weight excluding hydrogens is 244 g/mol. The lowest BCUT2D eigenvalue weighted by molar-refractivity contribution is -0.205. The van der Waals surface area contributed by atoms with Gasteiger partial charge in [0.1, 0.15) is 0 Å². The van der Waals surface area contributed by atoms with Crippen molar-refractivity contribution in [3.8, 4) is 0 Å². The SMILES string of the molecule is CC(=O)OC1C=CCC2(O1)C(=O)NC(=O)NC2=O. The molecule has 0 aliphatic carbocycles. The normalized spacial score (nSPS) is 25.6. The summed E-state index contributed by atoms with van der Waals surface area (Å²) in [6, 6.07) is -0.905. The van der Waals surface area contributed by atoms with E-state index in [1.165, 1.54) is 19.1 Å². The zero-order chi connectivity index (χ0) is 13.3. The van der Waals surface area contributed by atoms with Crippen LogP contribution < -0.4 is 10.6 Å². The first kappa shape index (κ1) is 12.2. The molecule has 1 fully saturated rings. The summed E-state index contributed by atoms with van der Waals surface area (Å²) < 4.78 is 9.94. The predicted octanol–water partition coefficient (Wildman–Crippen LogP) is -1.04. The molecule has 2 aliphatic rings. The van der Waals surface area contributed by atoms with Crippen LogP contribution in [0, 0.1) is 0 Å². The quantitative estimate of drug-likeness (QED) is 0.351. The lowest BCUT2D eigenvalue weighted by Gasteiger charge is -2.36. The van der Waals surface area contributed by atoms with Crippen LogP contribution in [-0.4, -0.2) is 35.7 Å². The van der Waals surface area contributed by atoms with Gasteiger partial charge in [-0.15, -0.1) is 0 Å². The number of rotatable bonds is 1. The third kappa shape index (κ3) is 1.97. The van der Waals surface area contributed by atoms with Crippen molar-refractivity contribution >= 4 is 23.8 Å². The fraction of sp³-hybridized carbons (Fsp3) is 0.400. The van der Waals surface area contributed by atoms with Crippen LogP contribution >= 0.6 is 0 Å². The summed E-state index contributed by atoms with van der Waals surface area (Å²) in [4.78, 5) is 45.2. The summed E-state index contributed by atoms with van der Waals surface area (Å²) >= 11 is 0. The Morgan fingerprint density at radius 2 is 2.00 bits per heavy atom. The van der Waals surface area contributed by atoms with E-state index < -0.39 is 35.7 Å². The summed E-state index contributed by atoms with van der Waals surface area (Å²) in [5.74, 6) is -2.37. The lowest BCUT2D eigenvalue weighted by atomic mass is 9.93. The van der Waals surface area contributed by atoms with Crippen molar-refractivity contribution < 1.29 is 28.7 Å². The third-order valence-corrected chi connectivity index (χ3v) is 2.49. The van der Waals surface area contributed by atoms with Gasteiger partial charge in [-0.2, -0.15) is 0 Å². The van der Waals surface area contributed by atoms with Crippen LogP contribution in [0.25, 0.3) is 0 Å². The summed E-state index contributed by atoms with van der Waals surface area (Å²) in [7, 11) is 0. The second-order valence-corrected chi connectivity index (χ2v) is 3.79. The van der Waals surface area contributed by atoms with Gasteiger partial charge < -0.3 is 9.47 Å². The van der Waals surface area contributed by atoms with E-state index in [1.54, 1.807) is 0 Å². The molecule has 0 radical (unpaired) electrons. The number of hydrogen-bond donors (Lipinski definition) is 2. The van der Waals surface area contributed by atoms with Crippen LogP contribution in [0.4, 0.5) is 4.79 Å². The van der Waals surface area contributed by atoms with Crippen LogP contribution in [0.2, 0.25) is 0 Å². The molecule has 8 nitrogen and oxygen atoms in total. The maximum atomic E-state index is 11.7. The average Bonchev–Trinajstić information content (AvgIpc) is 2.26. The number of nitrogens with one attached hydrogen (secondary N) is 2. The van der Waals surface area contributed by atoms with Gasteiger partial charge in [0.15, 0.2) is 0 Å². The minimum absolute atomic E-state index is 0.0459. The zero-order valence-corrected chi connectivity index (χ0v) is 9.39. The number of imide groups is 2. The van der Waals surface area contributed by atoms with Crippen molar-refractivity contribution in [3.63, 3.8) is 0 Å². The largest absolute Gasteiger partial charge is 0.432 e. The van der Waals surface area contributed by atoms with Crippen molar-refractivity contribution in [3.05, 3.63) is 12.2 Å². The average molecular weight is 254 g/mol. The molecular formula is C10H10N2O6. The van der Waals surface area contributed by atoms with Crippen LogP contribution in [0.3, 0.4) is 0 Å². The minimum Gasteiger partial charge on any atom is -0.432 e. The molecule has 2 N–H and O–H groups in total. The molecule has 1 atom stereocenters. The molecule has 1 spiro atoms. The van der Waals surface area contributed by atoms with Crippen LogP contribution in [0.5, 0.6) is 0 Å². The van der Waals surface area contributed by atoms with E-state index in [-0.39, 0.29) is 6.42 Å². The number of amides is 4. The number of urea groups is 1. The lowest BCUT2D eigenvalue weighted by Crippen LogP contribution is -2.68. The Hall–Kier alpha value is -2.22. The van der Waals surface area contributed by atoms with Gasteiger partial charge in [-0.05, 0) is 6.08 Å². The van der Waals surface area contributed by atoms with Gasteiger partial charge >= 0.3 is 12.0 Å². The van der Waals surface area contributed by atoms with Crippen LogP contribution in [0.15, 0.2) is 12.2 Å². The number of carbonyl (C=O) groups excluding carboxylic acids is 4. The molecule has 8 heteroatoms. The van der Waals surface area contributed by atoms with Gasteiger partial charge in [0.05, 0.1) is 0 Å². The number of hydrogen-bond acceptors (Lipinski definition) is 6. The van der Waals surface area contributed by atoms with Crippen LogP contribution in [-0.2, 0) is 23.9 Å². The van der Waals surface area contributed by atoms with Crippen molar-refractivity contribution in [1.29, 1.82) is 0 Å². The Balaban J connectivity index is 2.23. The van der Waals surface area contributed by atoms with E-state index in [1.807, 2.05) is 10.6 Å². The molecule has 2 rings (SSSR count). The smallest absolute Gasteiger partial charge is 0.328 e. The predicted molar refractivity (Wildman–Crippen MR) is 54.8 cm³/mol. The summed E-state index contributed by atoms with van der Waals surface area (Å²) in [5.41, 5.74) is -1.87. The molecule has 4 amide bonds. The van der Waals surface area contributed by atoms with Gasteiger partial charge in [-0.3, -0.25) is 25.0 Å². The van der Waals surface area contributed by atoms with Gasteiger partial charge in [0, 0.05) is 13.3 Å². The Bertz CT molecular complexity index is 449. The third-order valence-electron chi connectivity index (χ3n) is 2.49. The molecule has 0 aromatic rings. The van der Waals surface area contributed by atoms with Crippen molar-refractivity contribution in [1.82, 2.24) is 10.6 Å². The monoisotopic (exact) mass is 254 g/mol. The van der Waals surface area contributed by atoms with E-state index in [0.29, 0.717) is 0 Å². The van der Waals surface area contributed by atoms with E-state index in [4.69, 9.17) is 9.47 Å².